The number of hydrogen-bond donors (Lipinski definition) is 3. The third-order valence-corrected chi connectivity index (χ3v) is 7.50. The molecule has 0 saturated heterocycles. The molecule has 2 saturated carbocycles. The summed E-state index contributed by atoms with van der Waals surface area (Å²) in [5, 5.41) is 4.03. The van der Waals surface area contributed by atoms with Crippen LogP contribution in [0.15, 0.2) is 16.9 Å². The molecule has 1 aromatic heterocycles. The molecule has 152 valence electrons. The van der Waals surface area contributed by atoms with E-state index in [4.69, 9.17) is 5.73 Å². The van der Waals surface area contributed by atoms with Crippen molar-refractivity contribution in [1.29, 1.82) is 0 Å². The molecule has 7 heteroatoms. The van der Waals surface area contributed by atoms with Crippen LogP contribution in [0.4, 0.5) is 10.1 Å². The van der Waals surface area contributed by atoms with Gasteiger partial charge in [-0.15, -0.1) is 0 Å². The number of thioether (sulfide) groups is 1. The highest BCUT2D eigenvalue weighted by atomic mass is 32.2. The summed E-state index contributed by atoms with van der Waals surface area (Å²) in [5.74, 6) is 1.42. The van der Waals surface area contributed by atoms with Crippen LogP contribution in [0, 0.1) is 11.7 Å². The summed E-state index contributed by atoms with van der Waals surface area (Å²) in [7, 11) is 0. The molecule has 0 atom stereocenters. The standard InChI is InChI=1S/C21H29FN4OS/c22-17-9-15(24-14-3-1-2-4-14)10-18-20(17)21(27)26-19(25-18)12-28-16-7-5-13(11-23)6-8-16/h9-10,13-14,16,24H,1-8,11-12,23H2,(H,25,26,27). The van der Waals surface area contributed by atoms with Gasteiger partial charge in [0.1, 0.15) is 17.0 Å². The van der Waals surface area contributed by atoms with Gasteiger partial charge in [-0.2, -0.15) is 11.8 Å². The second-order valence-corrected chi connectivity index (χ2v) is 9.47. The number of hydrogen-bond acceptors (Lipinski definition) is 5. The van der Waals surface area contributed by atoms with Crippen molar-refractivity contribution in [3.05, 3.63) is 34.1 Å². The Balaban J connectivity index is 1.48. The number of nitrogens with two attached hydrogens (primary N) is 1. The highest BCUT2D eigenvalue weighted by molar-refractivity contribution is 7.99. The zero-order chi connectivity index (χ0) is 19.5. The van der Waals surface area contributed by atoms with Crippen LogP contribution in [-0.4, -0.2) is 27.8 Å². The van der Waals surface area contributed by atoms with Crippen molar-refractivity contribution >= 4 is 28.4 Å². The van der Waals surface area contributed by atoms with Crippen molar-refractivity contribution in [2.75, 3.05) is 11.9 Å². The van der Waals surface area contributed by atoms with E-state index in [1.54, 1.807) is 0 Å². The first kappa shape index (κ1) is 19.7. The molecule has 2 aliphatic rings. The number of benzene rings is 1. The second kappa shape index (κ2) is 8.82. The molecule has 2 fully saturated rings. The predicted octanol–water partition coefficient (Wildman–Crippen LogP) is 4.17. The summed E-state index contributed by atoms with van der Waals surface area (Å²) in [5.41, 5.74) is 6.53. The summed E-state index contributed by atoms with van der Waals surface area (Å²) in [6, 6.07) is 3.62. The summed E-state index contributed by atoms with van der Waals surface area (Å²) in [4.78, 5) is 19.8. The Kier molecular flexibility index (Phi) is 6.21. The van der Waals surface area contributed by atoms with Crippen LogP contribution < -0.4 is 16.6 Å². The van der Waals surface area contributed by atoms with Gasteiger partial charge in [0.05, 0.1) is 11.3 Å². The minimum atomic E-state index is -0.508. The molecule has 4 N–H and O–H groups in total. The monoisotopic (exact) mass is 404 g/mol. The highest BCUT2D eigenvalue weighted by Crippen LogP contribution is 2.33. The number of aromatic nitrogens is 2. The predicted molar refractivity (Wildman–Crippen MR) is 114 cm³/mol. The molecule has 0 amide bonds. The van der Waals surface area contributed by atoms with Crippen LogP contribution >= 0.6 is 11.8 Å². The number of anilines is 1. The lowest BCUT2D eigenvalue weighted by atomic mass is 9.89. The van der Waals surface area contributed by atoms with E-state index in [1.165, 1.54) is 31.7 Å². The maximum absolute atomic E-state index is 14.5. The Morgan fingerprint density at radius 2 is 1.93 bits per heavy atom. The molecule has 1 aromatic carbocycles. The third-order valence-electron chi connectivity index (χ3n) is 6.12. The van der Waals surface area contributed by atoms with Crippen molar-refractivity contribution in [3.63, 3.8) is 0 Å². The Hall–Kier alpha value is -1.60. The average Bonchev–Trinajstić information content (AvgIpc) is 3.19. The summed E-state index contributed by atoms with van der Waals surface area (Å²) < 4.78 is 14.5. The quantitative estimate of drug-likeness (QED) is 0.673. The van der Waals surface area contributed by atoms with Gasteiger partial charge in [0.2, 0.25) is 0 Å². The van der Waals surface area contributed by atoms with Gasteiger partial charge in [-0.05, 0) is 63.1 Å². The van der Waals surface area contributed by atoms with Crippen LogP contribution in [0.5, 0.6) is 0 Å². The van der Waals surface area contributed by atoms with Crippen molar-refractivity contribution in [1.82, 2.24) is 9.97 Å². The topological polar surface area (TPSA) is 83.8 Å². The van der Waals surface area contributed by atoms with E-state index in [2.05, 4.69) is 15.3 Å². The molecule has 2 aromatic rings. The lowest BCUT2D eigenvalue weighted by molar-refractivity contribution is 0.373. The Bertz CT molecular complexity index is 873. The number of aromatic amines is 1. The molecule has 2 aliphatic carbocycles. The Labute approximate surface area is 169 Å². The first-order chi connectivity index (χ1) is 13.6. The van der Waals surface area contributed by atoms with Crippen molar-refractivity contribution in [2.45, 2.75) is 68.4 Å². The average molecular weight is 405 g/mol. The first-order valence-electron chi connectivity index (χ1n) is 10.4. The lowest BCUT2D eigenvalue weighted by Gasteiger charge is -2.27. The van der Waals surface area contributed by atoms with Crippen molar-refractivity contribution in [2.24, 2.45) is 11.7 Å². The molecule has 1 heterocycles. The van der Waals surface area contributed by atoms with Crippen LogP contribution in [-0.2, 0) is 5.75 Å². The van der Waals surface area contributed by atoms with E-state index in [1.807, 2.05) is 17.8 Å². The summed E-state index contributed by atoms with van der Waals surface area (Å²) >= 11 is 1.83. The fraction of sp³-hybridized carbons (Fsp3) is 0.619. The largest absolute Gasteiger partial charge is 0.382 e. The van der Waals surface area contributed by atoms with E-state index in [0.717, 1.165) is 32.2 Å². The second-order valence-electron chi connectivity index (χ2n) is 8.18. The molecule has 0 unspecified atom stereocenters. The maximum atomic E-state index is 14.5. The van der Waals surface area contributed by atoms with Gasteiger partial charge >= 0.3 is 0 Å². The van der Waals surface area contributed by atoms with Gasteiger partial charge in [-0.25, -0.2) is 9.37 Å². The number of rotatable bonds is 6. The van der Waals surface area contributed by atoms with E-state index in [-0.39, 0.29) is 5.39 Å². The van der Waals surface area contributed by atoms with E-state index in [9.17, 15) is 9.18 Å². The number of halogens is 1. The Morgan fingerprint density at radius 1 is 1.18 bits per heavy atom. The minimum absolute atomic E-state index is 0.0502. The van der Waals surface area contributed by atoms with Crippen LogP contribution in [0.2, 0.25) is 0 Å². The van der Waals surface area contributed by atoms with Gasteiger partial charge in [0.25, 0.3) is 5.56 Å². The summed E-state index contributed by atoms with van der Waals surface area (Å²) in [6.45, 7) is 0.778. The molecular formula is C21H29FN4OS. The molecule has 5 nitrogen and oxygen atoms in total. The fourth-order valence-corrected chi connectivity index (χ4v) is 5.60. The fourth-order valence-electron chi connectivity index (χ4n) is 4.46. The first-order valence-corrected chi connectivity index (χ1v) is 11.5. The van der Waals surface area contributed by atoms with Crippen molar-refractivity contribution < 1.29 is 4.39 Å². The zero-order valence-corrected chi connectivity index (χ0v) is 17.0. The molecule has 0 spiro atoms. The van der Waals surface area contributed by atoms with E-state index >= 15 is 0 Å². The minimum Gasteiger partial charge on any atom is -0.382 e. The normalized spacial score (nSPS) is 23.4. The van der Waals surface area contributed by atoms with Crippen LogP contribution in [0.1, 0.15) is 57.2 Å². The third kappa shape index (κ3) is 4.51. The molecule has 0 bridgehead atoms. The lowest BCUT2D eigenvalue weighted by Crippen LogP contribution is -2.22. The SMILES string of the molecule is NCC1CCC(SCc2nc3cc(NC4CCCC4)cc(F)c3c(=O)[nH]2)CC1. The van der Waals surface area contributed by atoms with Crippen molar-refractivity contribution in [3.8, 4) is 0 Å². The molecule has 0 radical (unpaired) electrons. The molecule has 0 aliphatic heterocycles. The number of fused-ring (bicyclic) bond motifs is 1. The molecule has 4 rings (SSSR count). The smallest absolute Gasteiger partial charge is 0.261 e. The van der Waals surface area contributed by atoms with Gasteiger partial charge in [-0.1, -0.05) is 12.8 Å². The zero-order valence-electron chi connectivity index (χ0n) is 16.2. The number of nitrogens with one attached hydrogen (secondary N) is 2. The highest BCUT2D eigenvalue weighted by Gasteiger charge is 2.21. The summed E-state index contributed by atoms with van der Waals surface area (Å²) in [6.07, 6.45) is 9.31. The van der Waals surface area contributed by atoms with Gasteiger partial charge in [0, 0.05) is 17.0 Å². The maximum Gasteiger partial charge on any atom is 0.261 e. The van der Waals surface area contributed by atoms with Gasteiger partial charge in [-0.3, -0.25) is 4.79 Å². The molecule has 28 heavy (non-hydrogen) atoms. The van der Waals surface area contributed by atoms with Crippen LogP contribution in [0.25, 0.3) is 10.9 Å². The van der Waals surface area contributed by atoms with Gasteiger partial charge < -0.3 is 16.0 Å². The van der Waals surface area contributed by atoms with Crippen LogP contribution in [0.3, 0.4) is 0 Å². The number of nitrogens with zero attached hydrogens (tertiary/aromatic N) is 1. The van der Waals surface area contributed by atoms with E-state index < -0.39 is 11.4 Å². The van der Waals surface area contributed by atoms with Gasteiger partial charge in [0.15, 0.2) is 0 Å². The number of H-pyrrole nitrogens is 1. The Morgan fingerprint density at radius 3 is 2.64 bits per heavy atom. The molecular weight excluding hydrogens is 375 g/mol. The van der Waals surface area contributed by atoms with E-state index in [0.29, 0.717) is 40.0 Å².